The fourth-order valence-electron chi connectivity index (χ4n) is 2.18. The van der Waals surface area contributed by atoms with Gasteiger partial charge in [-0.3, -0.25) is 4.40 Å². The Morgan fingerprint density at radius 3 is 2.52 bits per heavy atom. The van der Waals surface area contributed by atoms with Crippen LogP contribution in [0.3, 0.4) is 0 Å². The molecule has 2 aromatic heterocycles. The summed E-state index contributed by atoms with van der Waals surface area (Å²) in [5.41, 5.74) is 5.78. The van der Waals surface area contributed by atoms with E-state index < -0.39 is 11.7 Å². The number of aromatic nitrogens is 2. The Hall–Kier alpha value is -2.21. The molecular weight excluding hydrogens is 303 g/mol. The molecule has 2 N–H and O–H groups in total. The average Bonchev–Trinajstić information content (AvgIpc) is 2.74. The van der Waals surface area contributed by atoms with E-state index in [1.165, 1.54) is 28.8 Å². The predicted molar refractivity (Wildman–Crippen MR) is 75.1 cm³/mol. The van der Waals surface area contributed by atoms with E-state index >= 15 is 0 Å². The number of benzene rings is 1. The first kappa shape index (κ1) is 13.8. The van der Waals surface area contributed by atoms with Crippen molar-refractivity contribution in [2.45, 2.75) is 6.18 Å². The molecule has 3 rings (SSSR count). The SMILES string of the molecule is Nc1ccc2c(Cl)nc(-c3ccccc3C(F)(F)F)n2c1. The molecule has 0 aliphatic heterocycles. The Morgan fingerprint density at radius 2 is 1.81 bits per heavy atom. The maximum atomic E-state index is 13.1. The molecule has 0 atom stereocenters. The van der Waals surface area contributed by atoms with E-state index in [0.717, 1.165) is 6.07 Å². The van der Waals surface area contributed by atoms with Gasteiger partial charge in [-0.2, -0.15) is 13.2 Å². The molecule has 3 nitrogen and oxygen atoms in total. The summed E-state index contributed by atoms with van der Waals surface area (Å²) in [6.45, 7) is 0. The van der Waals surface area contributed by atoms with Crippen molar-refractivity contribution in [2.75, 3.05) is 5.73 Å². The van der Waals surface area contributed by atoms with E-state index in [4.69, 9.17) is 17.3 Å². The number of nitrogens with zero attached hydrogens (tertiary/aromatic N) is 2. The number of fused-ring (bicyclic) bond motifs is 1. The molecule has 0 bridgehead atoms. The zero-order valence-corrected chi connectivity index (χ0v) is 11.3. The van der Waals surface area contributed by atoms with Crippen molar-refractivity contribution in [1.82, 2.24) is 9.38 Å². The Bertz CT molecular complexity index is 824. The van der Waals surface area contributed by atoms with Crippen LogP contribution in [0.2, 0.25) is 5.15 Å². The number of halogens is 4. The molecule has 3 aromatic rings. The molecule has 7 heteroatoms. The molecule has 2 heterocycles. The minimum absolute atomic E-state index is 0.0440. The van der Waals surface area contributed by atoms with Gasteiger partial charge >= 0.3 is 6.18 Å². The van der Waals surface area contributed by atoms with Crippen LogP contribution in [0.1, 0.15) is 5.56 Å². The van der Waals surface area contributed by atoms with Crippen molar-refractivity contribution in [2.24, 2.45) is 0 Å². The zero-order chi connectivity index (χ0) is 15.2. The lowest BCUT2D eigenvalue weighted by Crippen LogP contribution is -2.08. The molecule has 0 saturated carbocycles. The summed E-state index contributed by atoms with van der Waals surface area (Å²) in [6, 6.07) is 8.45. The number of alkyl halides is 3. The van der Waals surface area contributed by atoms with Crippen molar-refractivity contribution in [3.05, 3.63) is 53.3 Å². The maximum Gasteiger partial charge on any atom is 0.417 e. The molecule has 0 amide bonds. The van der Waals surface area contributed by atoms with Gasteiger partial charge in [0.15, 0.2) is 5.15 Å². The second-order valence-corrected chi connectivity index (χ2v) is 4.85. The van der Waals surface area contributed by atoms with Gasteiger partial charge in [-0.1, -0.05) is 29.8 Å². The number of rotatable bonds is 1. The van der Waals surface area contributed by atoms with E-state index in [0.29, 0.717) is 11.2 Å². The van der Waals surface area contributed by atoms with Crippen molar-refractivity contribution >= 4 is 22.8 Å². The van der Waals surface area contributed by atoms with Gasteiger partial charge in [0.05, 0.1) is 11.1 Å². The first-order valence-electron chi connectivity index (χ1n) is 5.97. The first-order valence-corrected chi connectivity index (χ1v) is 6.35. The van der Waals surface area contributed by atoms with Gasteiger partial charge < -0.3 is 5.73 Å². The van der Waals surface area contributed by atoms with Crippen LogP contribution in [0.4, 0.5) is 18.9 Å². The summed E-state index contributed by atoms with van der Waals surface area (Å²) in [7, 11) is 0. The second-order valence-electron chi connectivity index (χ2n) is 4.49. The van der Waals surface area contributed by atoms with Crippen LogP contribution in [0, 0.1) is 0 Å². The van der Waals surface area contributed by atoms with Crippen LogP contribution >= 0.6 is 11.6 Å². The van der Waals surface area contributed by atoms with Crippen molar-refractivity contribution in [1.29, 1.82) is 0 Å². The van der Waals surface area contributed by atoms with Crippen LogP contribution in [-0.4, -0.2) is 9.38 Å². The molecule has 0 saturated heterocycles. The lowest BCUT2D eigenvalue weighted by Gasteiger charge is -2.11. The van der Waals surface area contributed by atoms with Gasteiger partial charge in [0.25, 0.3) is 0 Å². The second kappa shape index (κ2) is 4.66. The maximum absolute atomic E-state index is 13.1. The fourth-order valence-corrected chi connectivity index (χ4v) is 2.41. The quantitative estimate of drug-likeness (QED) is 0.730. The first-order chi connectivity index (χ1) is 9.88. The predicted octanol–water partition coefficient (Wildman–Crippen LogP) is 4.26. The minimum Gasteiger partial charge on any atom is -0.398 e. The van der Waals surface area contributed by atoms with Crippen molar-refractivity contribution in [3.8, 4) is 11.4 Å². The van der Waals surface area contributed by atoms with Crippen molar-refractivity contribution in [3.63, 3.8) is 0 Å². The molecule has 0 aliphatic rings. The Morgan fingerprint density at radius 1 is 1.10 bits per heavy atom. The van der Waals surface area contributed by atoms with Gasteiger partial charge in [0.2, 0.25) is 0 Å². The third-order valence-electron chi connectivity index (χ3n) is 3.09. The molecule has 21 heavy (non-hydrogen) atoms. The molecule has 0 radical (unpaired) electrons. The monoisotopic (exact) mass is 311 g/mol. The van der Waals surface area contributed by atoms with E-state index in [-0.39, 0.29) is 16.5 Å². The van der Waals surface area contributed by atoms with E-state index in [2.05, 4.69) is 4.98 Å². The largest absolute Gasteiger partial charge is 0.417 e. The molecule has 0 fully saturated rings. The summed E-state index contributed by atoms with van der Waals surface area (Å²) in [4.78, 5) is 4.05. The molecule has 0 spiro atoms. The number of hydrogen-bond acceptors (Lipinski definition) is 2. The molecule has 108 valence electrons. The highest BCUT2D eigenvalue weighted by Crippen LogP contribution is 2.37. The highest BCUT2D eigenvalue weighted by Gasteiger charge is 2.34. The summed E-state index contributed by atoms with van der Waals surface area (Å²) >= 11 is 5.99. The molecule has 1 aromatic carbocycles. The summed E-state index contributed by atoms with van der Waals surface area (Å²) < 4.78 is 40.8. The summed E-state index contributed by atoms with van der Waals surface area (Å²) in [5.74, 6) is 0.107. The summed E-state index contributed by atoms with van der Waals surface area (Å²) in [6.07, 6.45) is -2.98. The Kier molecular flexibility index (Phi) is 3.06. The van der Waals surface area contributed by atoms with Crippen LogP contribution in [-0.2, 0) is 6.18 Å². The smallest absolute Gasteiger partial charge is 0.398 e. The third kappa shape index (κ3) is 2.31. The zero-order valence-electron chi connectivity index (χ0n) is 10.5. The highest BCUT2D eigenvalue weighted by molar-refractivity contribution is 6.32. The van der Waals surface area contributed by atoms with Gasteiger partial charge in [-0.25, -0.2) is 4.98 Å². The fraction of sp³-hybridized carbons (Fsp3) is 0.0714. The van der Waals surface area contributed by atoms with Crippen LogP contribution in [0.5, 0.6) is 0 Å². The minimum atomic E-state index is -4.48. The number of imidazole rings is 1. The van der Waals surface area contributed by atoms with Gasteiger partial charge in [0, 0.05) is 17.4 Å². The number of anilines is 1. The lowest BCUT2D eigenvalue weighted by atomic mass is 10.1. The van der Waals surface area contributed by atoms with Gasteiger partial charge in [-0.05, 0) is 18.2 Å². The Labute approximate surface area is 122 Å². The number of hydrogen-bond donors (Lipinski definition) is 1. The van der Waals surface area contributed by atoms with E-state index in [1.807, 2.05) is 0 Å². The normalized spacial score (nSPS) is 12.0. The highest BCUT2D eigenvalue weighted by atomic mass is 35.5. The van der Waals surface area contributed by atoms with E-state index in [9.17, 15) is 13.2 Å². The van der Waals surface area contributed by atoms with Crippen LogP contribution < -0.4 is 5.73 Å². The molecule has 0 aliphatic carbocycles. The lowest BCUT2D eigenvalue weighted by molar-refractivity contribution is -0.137. The van der Waals surface area contributed by atoms with Gasteiger partial charge in [0.1, 0.15) is 5.82 Å². The van der Waals surface area contributed by atoms with Gasteiger partial charge in [-0.15, -0.1) is 0 Å². The van der Waals surface area contributed by atoms with E-state index in [1.54, 1.807) is 12.1 Å². The third-order valence-corrected chi connectivity index (χ3v) is 3.37. The molecular formula is C14H9ClF3N3. The number of nitrogens with two attached hydrogens (primary N) is 1. The molecule has 0 unspecified atom stereocenters. The average molecular weight is 312 g/mol. The van der Waals surface area contributed by atoms with Crippen LogP contribution in [0.15, 0.2) is 42.6 Å². The van der Waals surface area contributed by atoms with Crippen LogP contribution in [0.25, 0.3) is 16.9 Å². The topological polar surface area (TPSA) is 43.3 Å². The number of nitrogen functional groups attached to an aromatic ring is 1. The standard InChI is InChI=1S/C14H9ClF3N3/c15-12-11-6-5-8(19)7-21(11)13(20-12)9-3-1-2-4-10(9)14(16,17)18/h1-7H,19H2. The summed E-state index contributed by atoms with van der Waals surface area (Å²) in [5, 5.41) is 0.127. The number of pyridine rings is 1. The Balaban J connectivity index is 2.34. The van der Waals surface area contributed by atoms with Crippen molar-refractivity contribution < 1.29 is 13.2 Å².